The summed E-state index contributed by atoms with van der Waals surface area (Å²) < 4.78 is 10.4. The fourth-order valence-electron chi connectivity index (χ4n) is 1.63. The molecule has 0 saturated heterocycles. The first-order valence-corrected chi connectivity index (χ1v) is 7.29. The minimum atomic E-state index is -2.06. The van der Waals surface area contributed by atoms with E-state index in [9.17, 15) is 19.8 Å². The minimum Gasteiger partial charge on any atom is -0.459 e. The van der Waals surface area contributed by atoms with E-state index in [0.717, 1.165) is 0 Å². The van der Waals surface area contributed by atoms with E-state index in [0.29, 0.717) is 0 Å². The van der Waals surface area contributed by atoms with Gasteiger partial charge in [-0.25, -0.2) is 0 Å². The number of rotatable bonds is 4. The Balaban J connectivity index is 5.71. The first kappa shape index (κ1) is 20.9. The molecule has 0 radical (unpaired) electrons. The lowest BCUT2D eigenvalue weighted by Crippen LogP contribution is -2.59. The Bertz CT molecular complexity index is 389. The molecule has 6 heteroatoms. The zero-order valence-corrected chi connectivity index (χ0v) is 15.1. The predicted octanol–water partition coefficient (Wildman–Crippen LogP) is 1.81. The highest BCUT2D eigenvalue weighted by molar-refractivity contribution is 5.96. The van der Waals surface area contributed by atoms with E-state index in [1.807, 2.05) is 0 Å². The van der Waals surface area contributed by atoms with Crippen molar-refractivity contribution in [2.24, 2.45) is 5.92 Å². The Kier molecular flexibility index (Phi) is 5.84. The molecule has 1 unspecified atom stereocenters. The Morgan fingerprint density at radius 1 is 0.727 bits per heavy atom. The van der Waals surface area contributed by atoms with Gasteiger partial charge < -0.3 is 19.7 Å². The fourth-order valence-corrected chi connectivity index (χ4v) is 1.63. The van der Waals surface area contributed by atoms with Crippen LogP contribution in [0, 0.1) is 5.92 Å². The molecule has 0 rings (SSSR count). The molecule has 0 spiro atoms. The van der Waals surface area contributed by atoms with Gasteiger partial charge in [-0.15, -0.1) is 0 Å². The molecule has 0 aromatic rings. The normalized spacial score (nSPS) is 16.2. The second kappa shape index (κ2) is 6.16. The van der Waals surface area contributed by atoms with Crippen LogP contribution in [0.4, 0.5) is 0 Å². The van der Waals surface area contributed by atoms with Crippen molar-refractivity contribution in [3.05, 3.63) is 0 Å². The molecule has 130 valence electrons. The fraction of sp³-hybridized carbons (Fsp3) is 0.875. The van der Waals surface area contributed by atoms with Gasteiger partial charge in [0.1, 0.15) is 16.8 Å². The second-order valence-corrected chi connectivity index (χ2v) is 8.21. The lowest BCUT2D eigenvalue weighted by atomic mass is 9.76. The van der Waals surface area contributed by atoms with E-state index in [1.54, 1.807) is 41.5 Å². The molecule has 0 aromatic carbocycles. The summed E-state index contributed by atoms with van der Waals surface area (Å²) >= 11 is 0. The highest BCUT2D eigenvalue weighted by Gasteiger charge is 2.54. The molecule has 0 amide bonds. The van der Waals surface area contributed by atoms with Crippen LogP contribution >= 0.6 is 0 Å². The highest BCUT2D eigenvalue weighted by atomic mass is 16.6. The lowest BCUT2D eigenvalue weighted by molar-refractivity contribution is -0.205. The molecule has 6 nitrogen and oxygen atoms in total. The number of hydrogen-bond acceptors (Lipinski definition) is 6. The highest BCUT2D eigenvalue weighted by Crippen LogP contribution is 2.33. The Labute approximate surface area is 132 Å². The quantitative estimate of drug-likeness (QED) is 0.606. The smallest absolute Gasteiger partial charge is 0.323 e. The number of ether oxygens (including phenoxy) is 2. The van der Waals surface area contributed by atoms with Crippen molar-refractivity contribution in [2.45, 2.75) is 84.7 Å². The van der Waals surface area contributed by atoms with Crippen molar-refractivity contribution in [3.8, 4) is 0 Å². The van der Waals surface area contributed by atoms with Crippen LogP contribution < -0.4 is 0 Å². The third-order valence-electron chi connectivity index (χ3n) is 3.09. The van der Waals surface area contributed by atoms with Crippen LogP contribution in [0.2, 0.25) is 0 Å². The van der Waals surface area contributed by atoms with E-state index >= 15 is 0 Å². The molecule has 0 bridgehead atoms. The molecule has 0 aliphatic heterocycles. The van der Waals surface area contributed by atoms with Gasteiger partial charge in [0.25, 0.3) is 0 Å². The maximum Gasteiger partial charge on any atom is 0.323 e. The van der Waals surface area contributed by atoms with Gasteiger partial charge in [-0.1, -0.05) is 0 Å². The van der Waals surface area contributed by atoms with Gasteiger partial charge in [0.15, 0.2) is 5.92 Å². The van der Waals surface area contributed by atoms with Gasteiger partial charge >= 0.3 is 11.9 Å². The summed E-state index contributed by atoms with van der Waals surface area (Å²) in [6, 6.07) is 0. The van der Waals surface area contributed by atoms with E-state index in [2.05, 4.69) is 0 Å². The summed E-state index contributed by atoms with van der Waals surface area (Å²) in [6.45, 7) is 13.7. The number of aliphatic hydroxyl groups is 2. The maximum atomic E-state index is 12.4. The van der Waals surface area contributed by atoms with Crippen LogP contribution in [0.5, 0.6) is 0 Å². The number of carbonyl (C=O) groups excluding carboxylic acids is 2. The summed E-state index contributed by atoms with van der Waals surface area (Å²) in [5, 5.41) is 20.7. The van der Waals surface area contributed by atoms with E-state index in [4.69, 9.17) is 9.47 Å². The van der Waals surface area contributed by atoms with E-state index in [1.165, 1.54) is 20.8 Å². The Morgan fingerprint density at radius 3 is 1.18 bits per heavy atom. The SMILES string of the molecule is CC(C)(C)OC(=O)C(C(=O)OC(C)(C)C)C(C)(O)C(C)(C)O. The molecule has 0 aromatic heterocycles. The second-order valence-electron chi connectivity index (χ2n) is 8.21. The molecule has 22 heavy (non-hydrogen) atoms. The summed E-state index contributed by atoms with van der Waals surface area (Å²) in [5.74, 6) is -3.53. The Morgan fingerprint density at radius 2 is 1.00 bits per heavy atom. The zero-order valence-electron chi connectivity index (χ0n) is 15.1. The summed E-state index contributed by atoms with van der Waals surface area (Å²) in [4.78, 5) is 24.8. The third kappa shape index (κ3) is 5.93. The van der Waals surface area contributed by atoms with Crippen molar-refractivity contribution in [3.63, 3.8) is 0 Å². The van der Waals surface area contributed by atoms with Crippen molar-refractivity contribution in [1.29, 1.82) is 0 Å². The van der Waals surface area contributed by atoms with Crippen LogP contribution in [0.15, 0.2) is 0 Å². The summed E-state index contributed by atoms with van der Waals surface area (Å²) in [7, 11) is 0. The molecular weight excluding hydrogens is 288 g/mol. The van der Waals surface area contributed by atoms with Crippen LogP contribution in [0.1, 0.15) is 62.3 Å². The topological polar surface area (TPSA) is 93.1 Å². The standard InChI is InChI=1S/C16H30O6/c1-13(2,3)21-11(17)10(12(18)22-14(4,5)6)16(9,20)15(7,8)19/h10,19-20H,1-9H3. The van der Waals surface area contributed by atoms with Crippen LogP contribution in [-0.2, 0) is 19.1 Å². The molecule has 2 N–H and O–H groups in total. The maximum absolute atomic E-state index is 12.4. The first-order valence-electron chi connectivity index (χ1n) is 7.29. The van der Waals surface area contributed by atoms with Crippen LogP contribution in [0.3, 0.4) is 0 Å². The molecule has 0 saturated carbocycles. The van der Waals surface area contributed by atoms with Gasteiger partial charge in [-0.2, -0.15) is 0 Å². The van der Waals surface area contributed by atoms with Gasteiger partial charge in [-0.3, -0.25) is 9.59 Å². The van der Waals surface area contributed by atoms with Gasteiger partial charge in [0.05, 0.1) is 5.60 Å². The minimum absolute atomic E-state index is 0.840. The Hall–Kier alpha value is -1.14. The molecule has 0 fully saturated rings. The molecular formula is C16H30O6. The van der Waals surface area contributed by atoms with Gasteiger partial charge in [-0.05, 0) is 62.3 Å². The molecule has 1 atom stereocenters. The summed E-state index contributed by atoms with van der Waals surface area (Å²) in [5.41, 5.74) is -5.46. The third-order valence-corrected chi connectivity index (χ3v) is 3.09. The van der Waals surface area contributed by atoms with Crippen molar-refractivity contribution >= 4 is 11.9 Å². The largest absolute Gasteiger partial charge is 0.459 e. The number of hydrogen-bond donors (Lipinski definition) is 2. The molecule has 0 aliphatic rings. The molecule has 0 aliphatic carbocycles. The zero-order chi connectivity index (χ0) is 18.1. The predicted molar refractivity (Wildman–Crippen MR) is 82.1 cm³/mol. The van der Waals surface area contributed by atoms with Crippen molar-refractivity contribution in [2.75, 3.05) is 0 Å². The van der Waals surface area contributed by atoms with E-state index in [-0.39, 0.29) is 0 Å². The lowest BCUT2D eigenvalue weighted by Gasteiger charge is -2.40. The van der Waals surface area contributed by atoms with E-state index < -0.39 is 40.3 Å². The average Bonchev–Trinajstić information content (AvgIpc) is 2.07. The molecule has 0 heterocycles. The number of esters is 2. The monoisotopic (exact) mass is 318 g/mol. The van der Waals surface area contributed by atoms with Gasteiger partial charge in [0, 0.05) is 0 Å². The van der Waals surface area contributed by atoms with Crippen LogP contribution in [0.25, 0.3) is 0 Å². The number of carbonyl (C=O) groups is 2. The van der Waals surface area contributed by atoms with Crippen molar-refractivity contribution < 1.29 is 29.3 Å². The summed E-state index contributed by atoms with van der Waals surface area (Å²) in [6.07, 6.45) is 0. The first-order chi connectivity index (χ1) is 9.38. The van der Waals surface area contributed by atoms with Gasteiger partial charge in [0.2, 0.25) is 0 Å². The van der Waals surface area contributed by atoms with Crippen molar-refractivity contribution in [1.82, 2.24) is 0 Å². The average molecular weight is 318 g/mol. The van der Waals surface area contributed by atoms with Crippen LogP contribution in [-0.4, -0.2) is 44.6 Å².